The Morgan fingerprint density at radius 1 is 1.14 bits per heavy atom. The molecule has 1 heterocycles. The molecule has 0 radical (unpaired) electrons. The molecule has 7 heteroatoms. The predicted octanol–water partition coefficient (Wildman–Crippen LogP) is 1.36. The van der Waals surface area contributed by atoms with Crippen molar-refractivity contribution in [2.45, 2.75) is 32.9 Å². The highest BCUT2D eigenvalue weighted by atomic mass is 16.6. The van der Waals surface area contributed by atoms with Gasteiger partial charge in [0.15, 0.2) is 6.33 Å². The van der Waals surface area contributed by atoms with Crippen molar-refractivity contribution in [3.8, 4) is 11.4 Å². The summed E-state index contributed by atoms with van der Waals surface area (Å²) in [6.07, 6.45) is 1.29. The third-order valence-electron chi connectivity index (χ3n) is 2.64. The van der Waals surface area contributed by atoms with Crippen molar-refractivity contribution >= 4 is 5.97 Å². The fourth-order valence-corrected chi connectivity index (χ4v) is 1.78. The first-order valence-corrected chi connectivity index (χ1v) is 6.96. The average molecular weight is 301 g/mol. The molecule has 22 heavy (non-hydrogen) atoms. The van der Waals surface area contributed by atoms with E-state index in [9.17, 15) is 4.79 Å². The number of nitrogens with one attached hydrogen (secondary N) is 1. The van der Waals surface area contributed by atoms with Gasteiger partial charge in [0.25, 0.3) is 0 Å². The summed E-state index contributed by atoms with van der Waals surface area (Å²) in [6, 6.07) is 7.66. The largest absolute Gasteiger partial charge is 0.459 e. The van der Waals surface area contributed by atoms with Crippen LogP contribution in [0.4, 0.5) is 0 Å². The van der Waals surface area contributed by atoms with E-state index in [-0.39, 0.29) is 12.5 Å². The van der Waals surface area contributed by atoms with Crippen LogP contribution in [0.2, 0.25) is 0 Å². The first kappa shape index (κ1) is 16.0. The summed E-state index contributed by atoms with van der Waals surface area (Å²) in [5.41, 5.74) is 1.43. The van der Waals surface area contributed by atoms with Gasteiger partial charge in [0.2, 0.25) is 5.82 Å². The fraction of sp³-hybridized carbons (Fsp3) is 0.400. The molecule has 1 N–H and O–H groups in total. The maximum absolute atomic E-state index is 11.6. The van der Waals surface area contributed by atoms with E-state index in [1.165, 1.54) is 6.33 Å². The zero-order valence-electron chi connectivity index (χ0n) is 12.9. The maximum Gasteiger partial charge on any atom is 0.320 e. The average Bonchev–Trinajstić information content (AvgIpc) is 2.47. The molecule has 2 rings (SSSR count). The van der Waals surface area contributed by atoms with Crippen LogP contribution in [0.1, 0.15) is 26.3 Å². The van der Waals surface area contributed by atoms with Gasteiger partial charge in [-0.05, 0) is 26.3 Å². The van der Waals surface area contributed by atoms with E-state index in [2.05, 4.69) is 25.7 Å². The molecule has 1 aromatic heterocycles. The lowest BCUT2D eigenvalue weighted by Gasteiger charge is -2.19. The molecule has 0 fully saturated rings. The van der Waals surface area contributed by atoms with E-state index in [0.717, 1.165) is 11.1 Å². The Morgan fingerprint density at radius 3 is 2.36 bits per heavy atom. The van der Waals surface area contributed by atoms with Crippen molar-refractivity contribution in [3.63, 3.8) is 0 Å². The number of aromatic nitrogens is 4. The van der Waals surface area contributed by atoms with Gasteiger partial charge in [-0.1, -0.05) is 24.3 Å². The lowest BCUT2D eigenvalue weighted by molar-refractivity contribution is -0.153. The van der Waals surface area contributed by atoms with Crippen LogP contribution in [0.5, 0.6) is 0 Å². The van der Waals surface area contributed by atoms with Gasteiger partial charge in [0.05, 0.1) is 6.54 Å². The number of ether oxygens (including phenoxy) is 1. The van der Waals surface area contributed by atoms with Crippen LogP contribution in [0.3, 0.4) is 0 Å². The van der Waals surface area contributed by atoms with E-state index in [4.69, 9.17) is 4.74 Å². The highest BCUT2D eigenvalue weighted by molar-refractivity contribution is 5.72. The summed E-state index contributed by atoms with van der Waals surface area (Å²) in [6.45, 7) is 6.29. The molecular formula is C15H19N5O2. The van der Waals surface area contributed by atoms with Gasteiger partial charge in [0, 0.05) is 12.1 Å². The second-order valence-corrected chi connectivity index (χ2v) is 5.76. The molecule has 0 spiro atoms. The highest BCUT2D eigenvalue weighted by Gasteiger charge is 2.15. The Labute approximate surface area is 129 Å². The quantitative estimate of drug-likeness (QED) is 0.834. The topological polar surface area (TPSA) is 89.9 Å². The lowest BCUT2D eigenvalue weighted by atomic mass is 10.1. The second-order valence-electron chi connectivity index (χ2n) is 5.76. The number of nitrogens with zero attached hydrogens (tertiary/aromatic N) is 4. The minimum absolute atomic E-state index is 0.175. The molecule has 1 aromatic carbocycles. The van der Waals surface area contributed by atoms with Gasteiger partial charge in [-0.2, -0.15) is 0 Å². The molecule has 0 saturated heterocycles. The zero-order valence-corrected chi connectivity index (χ0v) is 12.9. The van der Waals surface area contributed by atoms with Crippen molar-refractivity contribution < 1.29 is 9.53 Å². The third-order valence-corrected chi connectivity index (χ3v) is 2.64. The van der Waals surface area contributed by atoms with Gasteiger partial charge in [-0.3, -0.25) is 4.79 Å². The van der Waals surface area contributed by atoms with E-state index < -0.39 is 5.60 Å². The third kappa shape index (κ3) is 5.17. The van der Waals surface area contributed by atoms with Crippen molar-refractivity contribution in [3.05, 3.63) is 36.2 Å². The van der Waals surface area contributed by atoms with Crippen molar-refractivity contribution in [1.82, 2.24) is 25.7 Å². The summed E-state index contributed by atoms with van der Waals surface area (Å²) in [5.74, 6) is 0.217. The first-order chi connectivity index (χ1) is 10.4. The molecule has 7 nitrogen and oxygen atoms in total. The number of carbonyl (C=O) groups is 1. The summed E-state index contributed by atoms with van der Waals surface area (Å²) in [5, 5.41) is 18.2. The standard InChI is InChI=1S/C15H19N5O2/c1-15(2,3)22-13(21)9-16-8-11-4-6-12(7-5-11)14-19-17-10-18-20-14/h4-7,10,16H,8-9H2,1-3H3. The fourth-order valence-electron chi connectivity index (χ4n) is 1.78. The highest BCUT2D eigenvalue weighted by Crippen LogP contribution is 2.13. The normalized spacial score (nSPS) is 11.2. The van der Waals surface area contributed by atoms with Crippen LogP contribution < -0.4 is 5.32 Å². The summed E-state index contributed by atoms with van der Waals surface area (Å²) in [4.78, 5) is 11.6. The number of esters is 1. The Morgan fingerprint density at radius 2 is 1.77 bits per heavy atom. The predicted molar refractivity (Wildman–Crippen MR) is 80.6 cm³/mol. The first-order valence-electron chi connectivity index (χ1n) is 6.96. The van der Waals surface area contributed by atoms with E-state index in [1.807, 2.05) is 45.0 Å². The number of hydrogen-bond donors (Lipinski definition) is 1. The Kier molecular flexibility index (Phi) is 5.11. The maximum atomic E-state index is 11.6. The van der Waals surface area contributed by atoms with Crippen molar-refractivity contribution in [2.24, 2.45) is 0 Å². The van der Waals surface area contributed by atoms with Crippen LogP contribution in [-0.2, 0) is 16.1 Å². The number of carbonyl (C=O) groups excluding carboxylic acids is 1. The van der Waals surface area contributed by atoms with Gasteiger partial charge >= 0.3 is 5.97 Å². The molecule has 0 aliphatic rings. The zero-order chi connectivity index (χ0) is 16.0. The molecule has 2 aromatic rings. The molecule has 0 amide bonds. The summed E-state index contributed by atoms with van der Waals surface area (Å²) >= 11 is 0. The summed E-state index contributed by atoms with van der Waals surface area (Å²) in [7, 11) is 0. The van der Waals surface area contributed by atoms with Gasteiger partial charge in [-0.25, -0.2) is 0 Å². The van der Waals surface area contributed by atoms with E-state index >= 15 is 0 Å². The Bertz CT molecular complexity index is 608. The van der Waals surface area contributed by atoms with Crippen LogP contribution in [0.25, 0.3) is 11.4 Å². The Balaban J connectivity index is 1.84. The molecule has 0 atom stereocenters. The second kappa shape index (κ2) is 7.04. The smallest absolute Gasteiger partial charge is 0.320 e. The molecule has 0 saturated carbocycles. The van der Waals surface area contributed by atoms with Gasteiger partial charge in [-0.15, -0.1) is 20.4 Å². The SMILES string of the molecule is CC(C)(C)OC(=O)CNCc1ccc(-c2nncnn2)cc1. The monoisotopic (exact) mass is 301 g/mol. The number of benzene rings is 1. The van der Waals surface area contributed by atoms with E-state index in [0.29, 0.717) is 12.4 Å². The van der Waals surface area contributed by atoms with Crippen LogP contribution in [0, 0.1) is 0 Å². The molecule has 0 aliphatic carbocycles. The van der Waals surface area contributed by atoms with Crippen LogP contribution in [-0.4, -0.2) is 38.5 Å². The van der Waals surface area contributed by atoms with Gasteiger partial charge in [0.1, 0.15) is 5.60 Å². The number of hydrogen-bond acceptors (Lipinski definition) is 7. The van der Waals surface area contributed by atoms with Crippen LogP contribution >= 0.6 is 0 Å². The number of rotatable bonds is 5. The molecular weight excluding hydrogens is 282 g/mol. The van der Waals surface area contributed by atoms with Crippen molar-refractivity contribution in [1.29, 1.82) is 0 Å². The van der Waals surface area contributed by atoms with E-state index in [1.54, 1.807) is 0 Å². The molecule has 116 valence electrons. The molecule has 0 aliphatic heterocycles. The lowest BCUT2D eigenvalue weighted by Crippen LogP contribution is -2.31. The van der Waals surface area contributed by atoms with Gasteiger partial charge < -0.3 is 10.1 Å². The molecule has 0 bridgehead atoms. The Hall–Kier alpha value is -2.41. The summed E-state index contributed by atoms with van der Waals surface area (Å²) < 4.78 is 5.22. The minimum atomic E-state index is -0.460. The minimum Gasteiger partial charge on any atom is -0.459 e. The molecule has 0 unspecified atom stereocenters. The van der Waals surface area contributed by atoms with Crippen LogP contribution in [0.15, 0.2) is 30.6 Å². The van der Waals surface area contributed by atoms with Crippen molar-refractivity contribution in [2.75, 3.05) is 6.54 Å².